The highest BCUT2D eigenvalue weighted by molar-refractivity contribution is 7.98. The van der Waals surface area contributed by atoms with Gasteiger partial charge in [0, 0.05) is 22.2 Å². The maximum atomic E-state index is 5.43. The normalized spacial score (nSPS) is 11.8. The van der Waals surface area contributed by atoms with Gasteiger partial charge in [-0.05, 0) is 30.6 Å². The Morgan fingerprint density at radius 2 is 1.89 bits per heavy atom. The average molecular weight is 278 g/mol. The van der Waals surface area contributed by atoms with Crippen molar-refractivity contribution in [2.45, 2.75) is 31.1 Å². The van der Waals surface area contributed by atoms with E-state index in [0.29, 0.717) is 0 Å². The van der Waals surface area contributed by atoms with Gasteiger partial charge < -0.3 is 4.98 Å². The van der Waals surface area contributed by atoms with Crippen LogP contribution in [-0.4, -0.2) is 15.8 Å². The molecular formula is C14H18N2S2. The molecule has 0 amide bonds. The van der Waals surface area contributed by atoms with E-state index >= 15 is 0 Å². The number of H-pyrrole nitrogens is 1. The first kappa shape index (κ1) is 13.4. The molecule has 0 atom stereocenters. The number of hydrogen-bond acceptors (Lipinski definition) is 2. The summed E-state index contributed by atoms with van der Waals surface area (Å²) in [5.41, 5.74) is 2.41. The molecule has 0 spiro atoms. The number of aromatic amines is 1. The number of hydrogen-bond donors (Lipinski definition) is 1. The average Bonchev–Trinajstić information content (AvgIpc) is 2.70. The van der Waals surface area contributed by atoms with Gasteiger partial charge in [0.2, 0.25) is 0 Å². The lowest BCUT2D eigenvalue weighted by Crippen LogP contribution is -2.17. The van der Waals surface area contributed by atoms with Crippen molar-refractivity contribution < 1.29 is 0 Å². The minimum Gasteiger partial charge on any atom is -0.337 e. The van der Waals surface area contributed by atoms with Crippen LogP contribution in [0.25, 0.3) is 5.69 Å². The van der Waals surface area contributed by atoms with Gasteiger partial charge in [0.25, 0.3) is 0 Å². The molecule has 1 N–H and O–H groups in total. The highest BCUT2D eigenvalue weighted by Crippen LogP contribution is 2.30. The molecule has 0 bridgehead atoms. The Hall–Kier alpha value is -1.00. The second-order valence-electron chi connectivity index (χ2n) is 5.24. The van der Waals surface area contributed by atoms with E-state index in [4.69, 9.17) is 12.2 Å². The van der Waals surface area contributed by atoms with E-state index in [9.17, 15) is 0 Å². The summed E-state index contributed by atoms with van der Waals surface area (Å²) in [6.07, 6.45) is 4.10. The molecule has 0 saturated heterocycles. The molecule has 4 heteroatoms. The van der Waals surface area contributed by atoms with Crippen LogP contribution in [-0.2, 0) is 5.41 Å². The van der Waals surface area contributed by atoms with E-state index < -0.39 is 0 Å². The van der Waals surface area contributed by atoms with Crippen LogP contribution >= 0.6 is 24.0 Å². The lowest BCUT2D eigenvalue weighted by Gasteiger charge is -2.21. The van der Waals surface area contributed by atoms with Crippen LogP contribution in [0.3, 0.4) is 0 Å². The Bertz CT molecular complexity index is 603. The zero-order valence-electron chi connectivity index (χ0n) is 11.2. The summed E-state index contributed by atoms with van der Waals surface area (Å²) in [5.74, 6) is 0. The molecule has 18 heavy (non-hydrogen) atoms. The number of nitrogens with one attached hydrogen (secondary N) is 1. The lowest BCUT2D eigenvalue weighted by molar-refractivity contribution is 0.554. The Morgan fingerprint density at radius 1 is 1.22 bits per heavy atom. The van der Waals surface area contributed by atoms with Crippen molar-refractivity contribution in [1.29, 1.82) is 0 Å². The third-order valence-corrected chi connectivity index (χ3v) is 3.96. The van der Waals surface area contributed by atoms with Gasteiger partial charge in [0.05, 0.1) is 5.69 Å². The van der Waals surface area contributed by atoms with Crippen molar-refractivity contribution in [2.24, 2.45) is 0 Å². The highest BCUT2D eigenvalue weighted by Gasteiger charge is 2.21. The standard InChI is InChI=1S/C14H18N2S2/c1-14(2,3)12-9-15-13(17)16(12)10-7-5-6-8-11(10)18-4/h5-9H,1-4H3,(H,15,17). The number of nitrogens with zero attached hydrogens (tertiary/aromatic N) is 1. The molecule has 2 rings (SSSR count). The molecule has 0 aliphatic rings. The molecule has 1 heterocycles. The first-order chi connectivity index (χ1) is 8.45. The van der Waals surface area contributed by atoms with Crippen molar-refractivity contribution in [3.05, 3.63) is 40.9 Å². The number of rotatable bonds is 2. The molecular weight excluding hydrogens is 260 g/mol. The highest BCUT2D eigenvalue weighted by atomic mass is 32.2. The van der Waals surface area contributed by atoms with Gasteiger partial charge in [-0.1, -0.05) is 32.9 Å². The molecule has 0 aliphatic carbocycles. The fourth-order valence-electron chi connectivity index (χ4n) is 1.97. The number of para-hydroxylation sites is 1. The zero-order chi connectivity index (χ0) is 13.3. The molecule has 0 unspecified atom stereocenters. The van der Waals surface area contributed by atoms with Crippen LogP contribution in [0.4, 0.5) is 0 Å². The van der Waals surface area contributed by atoms with Gasteiger partial charge in [-0.3, -0.25) is 4.57 Å². The second-order valence-corrected chi connectivity index (χ2v) is 6.47. The van der Waals surface area contributed by atoms with Crippen LogP contribution in [0.2, 0.25) is 0 Å². The van der Waals surface area contributed by atoms with Crippen LogP contribution in [0.5, 0.6) is 0 Å². The van der Waals surface area contributed by atoms with E-state index in [-0.39, 0.29) is 5.41 Å². The molecule has 2 aromatic rings. The van der Waals surface area contributed by atoms with Crippen molar-refractivity contribution >= 4 is 24.0 Å². The third-order valence-electron chi connectivity index (χ3n) is 2.87. The van der Waals surface area contributed by atoms with Crippen LogP contribution < -0.4 is 0 Å². The van der Waals surface area contributed by atoms with Crippen LogP contribution in [0.15, 0.2) is 35.4 Å². The van der Waals surface area contributed by atoms with Crippen molar-refractivity contribution in [2.75, 3.05) is 6.26 Å². The van der Waals surface area contributed by atoms with Gasteiger partial charge in [0.1, 0.15) is 0 Å². The van der Waals surface area contributed by atoms with Crippen molar-refractivity contribution in [1.82, 2.24) is 9.55 Å². The first-order valence-corrected chi connectivity index (χ1v) is 7.53. The maximum Gasteiger partial charge on any atom is 0.182 e. The van der Waals surface area contributed by atoms with E-state index in [1.54, 1.807) is 11.8 Å². The molecule has 96 valence electrons. The van der Waals surface area contributed by atoms with E-state index in [2.05, 4.69) is 60.8 Å². The van der Waals surface area contributed by atoms with Gasteiger partial charge in [-0.15, -0.1) is 11.8 Å². The Kier molecular flexibility index (Phi) is 3.69. The second kappa shape index (κ2) is 4.94. The number of benzene rings is 1. The van der Waals surface area contributed by atoms with Crippen molar-refractivity contribution in [3.63, 3.8) is 0 Å². The topological polar surface area (TPSA) is 20.7 Å². The fourth-order valence-corrected chi connectivity index (χ4v) is 2.81. The minimum absolute atomic E-state index is 0.0546. The molecule has 0 saturated carbocycles. The maximum absolute atomic E-state index is 5.43. The summed E-state index contributed by atoms with van der Waals surface area (Å²) in [6.45, 7) is 6.59. The third kappa shape index (κ3) is 2.40. The van der Waals surface area contributed by atoms with Crippen molar-refractivity contribution in [3.8, 4) is 5.69 Å². The Labute approximate surface area is 117 Å². The summed E-state index contributed by atoms with van der Waals surface area (Å²) >= 11 is 7.17. The number of thioether (sulfide) groups is 1. The summed E-state index contributed by atoms with van der Waals surface area (Å²) in [5, 5.41) is 0. The smallest absolute Gasteiger partial charge is 0.182 e. The first-order valence-electron chi connectivity index (χ1n) is 5.89. The number of imidazole rings is 1. The van der Waals surface area contributed by atoms with E-state index in [0.717, 1.165) is 10.5 Å². The monoisotopic (exact) mass is 278 g/mol. The molecule has 2 nitrogen and oxygen atoms in total. The quantitative estimate of drug-likeness (QED) is 0.642. The fraction of sp³-hybridized carbons (Fsp3) is 0.357. The zero-order valence-corrected chi connectivity index (χ0v) is 12.8. The Balaban J connectivity index is 2.72. The SMILES string of the molecule is CSc1ccccc1-n1c(C(C)(C)C)c[nH]c1=S. The largest absolute Gasteiger partial charge is 0.337 e. The summed E-state index contributed by atoms with van der Waals surface area (Å²) in [6, 6.07) is 8.35. The molecule has 1 aromatic heterocycles. The van der Waals surface area contributed by atoms with Crippen LogP contribution in [0.1, 0.15) is 26.5 Å². The predicted molar refractivity (Wildman–Crippen MR) is 81.4 cm³/mol. The van der Waals surface area contributed by atoms with E-state index in [1.165, 1.54) is 10.6 Å². The molecule has 0 radical (unpaired) electrons. The van der Waals surface area contributed by atoms with Crippen LogP contribution in [0, 0.1) is 4.77 Å². The minimum atomic E-state index is 0.0546. The molecule has 0 aliphatic heterocycles. The van der Waals surface area contributed by atoms with Gasteiger partial charge in [-0.2, -0.15) is 0 Å². The predicted octanol–water partition coefficient (Wildman–Crippen LogP) is 4.55. The molecule has 1 aromatic carbocycles. The van der Waals surface area contributed by atoms with E-state index in [1.807, 2.05) is 6.20 Å². The lowest BCUT2D eigenvalue weighted by atomic mass is 9.92. The van der Waals surface area contributed by atoms with Gasteiger partial charge >= 0.3 is 0 Å². The summed E-state index contributed by atoms with van der Waals surface area (Å²) < 4.78 is 2.89. The summed E-state index contributed by atoms with van der Waals surface area (Å²) in [7, 11) is 0. The molecule has 0 fully saturated rings. The Morgan fingerprint density at radius 3 is 2.50 bits per heavy atom. The number of aromatic nitrogens is 2. The van der Waals surface area contributed by atoms with Gasteiger partial charge in [-0.25, -0.2) is 0 Å². The summed E-state index contributed by atoms with van der Waals surface area (Å²) in [4.78, 5) is 4.40. The van der Waals surface area contributed by atoms with Gasteiger partial charge in [0.15, 0.2) is 4.77 Å².